The molecule has 0 N–H and O–H groups in total. The number of hydrogen-bond acceptors (Lipinski definition) is 7. The average Bonchev–Trinajstić information content (AvgIpc) is 3.45. The van der Waals surface area contributed by atoms with Crippen LogP contribution in [0.3, 0.4) is 0 Å². The van der Waals surface area contributed by atoms with Gasteiger partial charge in [0.05, 0.1) is 43.3 Å². The topological polar surface area (TPSA) is 97.0 Å². The van der Waals surface area contributed by atoms with Crippen molar-refractivity contribution < 1.29 is 27.4 Å². The Kier molecular flexibility index (Phi) is 5.75. The zero-order valence-electron chi connectivity index (χ0n) is 17.9. The minimum absolute atomic E-state index is 0.150. The molecule has 9 nitrogen and oxygen atoms in total. The molecule has 4 aromatic rings. The third kappa shape index (κ3) is 4.23. The SMILES string of the molecule is CCOC(=O)c1cnn(-c2nc(OC)c3c(cnn3[C@@H](C)c3ccc(C(F)(F)F)cc3)n2)c1. The fraction of sp³-hybridized carbons (Fsp3) is 0.286. The van der Waals surface area contributed by atoms with Crippen molar-refractivity contribution in [2.75, 3.05) is 13.7 Å². The fourth-order valence-corrected chi connectivity index (χ4v) is 3.30. The maximum absolute atomic E-state index is 12.9. The van der Waals surface area contributed by atoms with Crippen LogP contribution in [0.1, 0.15) is 41.4 Å². The number of ether oxygens (including phenoxy) is 2. The zero-order valence-corrected chi connectivity index (χ0v) is 17.9. The van der Waals surface area contributed by atoms with Gasteiger partial charge in [-0.1, -0.05) is 12.1 Å². The molecule has 0 saturated carbocycles. The summed E-state index contributed by atoms with van der Waals surface area (Å²) in [4.78, 5) is 20.7. The minimum Gasteiger partial charge on any atom is -0.479 e. The van der Waals surface area contributed by atoms with Crippen LogP contribution in [0.5, 0.6) is 5.88 Å². The summed E-state index contributed by atoms with van der Waals surface area (Å²) in [5.41, 5.74) is 1.03. The molecule has 0 radical (unpaired) electrons. The van der Waals surface area contributed by atoms with Crippen LogP contribution in [0, 0.1) is 0 Å². The molecule has 33 heavy (non-hydrogen) atoms. The monoisotopic (exact) mass is 460 g/mol. The maximum Gasteiger partial charge on any atom is 0.416 e. The number of methoxy groups -OCH3 is 1. The Balaban J connectivity index is 1.70. The molecule has 0 aliphatic rings. The highest BCUT2D eigenvalue weighted by Gasteiger charge is 2.30. The highest BCUT2D eigenvalue weighted by atomic mass is 19.4. The lowest BCUT2D eigenvalue weighted by Crippen LogP contribution is -2.11. The summed E-state index contributed by atoms with van der Waals surface area (Å²) in [5.74, 6) is -0.175. The van der Waals surface area contributed by atoms with Gasteiger partial charge in [0.1, 0.15) is 11.0 Å². The van der Waals surface area contributed by atoms with E-state index in [4.69, 9.17) is 9.47 Å². The van der Waals surface area contributed by atoms with Gasteiger partial charge in [-0.05, 0) is 31.5 Å². The second-order valence-corrected chi connectivity index (χ2v) is 7.05. The first-order valence-electron chi connectivity index (χ1n) is 9.91. The number of rotatable bonds is 6. The van der Waals surface area contributed by atoms with Crippen molar-refractivity contribution >= 4 is 17.0 Å². The van der Waals surface area contributed by atoms with Crippen molar-refractivity contribution in [3.63, 3.8) is 0 Å². The van der Waals surface area contributed by atoms with Crippen LogP contribution in [-0.4, -0.2) is 49.2 Å². The van der Waals surface area contributed by atoms with E-state index in [1.165, 1.54) is 42.5 Å². The van der Waals surface area contributed by atoms with E-state index in [1.807, 2.05) is 0 Å². The molecule has 0 unspecified atom stereocenters. The minimum atomic E-state index is -4.41. The van der Waals surface area contributed by atoms with Crippen LogP contribution < -0.4 is 4.74 Å². The van der Waals surface area contributed by atoms with Gasteiger partial charge in [-0.15, -0.1) is 0 Å². The number of nitrogens with zero attached hydrogens (tertiary/aromatic N) is 6. The number of fused-ring (bicyclic) bond motifs is 1. The maximum atomic E-state index is 12.9. The van der Waals surface area contributed by atoms with Crippen LogP contribution >= 0.6 is 0 Å². The van der Waals surface area contributed by atoms with Crippen molar-refractivity contribution in [2.24, 2.45) is 0 Å². The zero-order chi connectivity index (χ0) is 23.8. The van der Waals surface area contributed by atoms with E-state index in [1.54, 1.807) is 18.5 Å². The number of benzene rings is 1. The molecule has 1 aromatic carbocycles. The van der Waals surface area contributed by atoms with Crippen LogP contribution in [0.2, 0.25) is 0 Å². The molecule has 4 rings (SSSR count). The van der Waals surface area contributed by atoms with Crippen molar-refractivity contribution in [1.29, 1.82) is 0 Å². The summed E-state index contributed by atoms with van der Waals surface area (Å²) in [7, 11) is 1.43. The van der Waals surface area contributed by atoms with Crippen LogP contribution in [-0.2, 0) is 10.9 Å². The molecular formula is C21H19F3N6O3. The van der Waals surface area contributed by atoms with E-state index in [0.29, 0.717) is 16.6 Å². The van der Waals surface area contributed by atoms with Gasteiger partial charge in [0.2, 0.25) is 5.88 Å². The molecule has 0 bridgehead atoms. The summed E-state index contributed by atoms with van der Waals surface area (Å²) >= 11 is 0. The van der Waals surface area contributed by atoms with Crippen molar-refractivity contribution in [3.05, 3.63) is 59.5 Å². The van der Waals surface area contributed by atoms with Crippen LogP contribution in [0.15, 0.2) is 42.9 Å². The predicted octanol–water partition coefficient (Wildman–Crippen LogP) is 3.83. The lowest BCUT2D eigenvalue weighted by atomic mass is 10.1. The molecule has 0 amide bonds. The van der Waals surface area contributed by atoms with E-state index in [0.717, 1.165) is 12.1 Å². The standard InChI is InChI=1S/C21H19F3N6O3/c1-4-33-19(31)14-9-25-29(11-14)20-27-16-10-26-30(17(16)18(28-20)32-3)12(2)13-5-7-15(8-6-13)21(22,23)24/h5-12H,4H2,1-3H3/t12-/m0/s1. The number of hydrogen-bond donors (Lipinski definition) is 0. The number of carbonyl (C=O) groups excluding carboxylic acids is 1. The third-order valence-electron chi connectivity index (χ3n) is 4.98. The smallest absolute Gasteiger partial charge is 0.416 e. The summed E-state index contributed by atoms with van der Waals surface area (Å²) in [6, 6.07) is 4.45. The Bertz CT molecular complexity index is 1300. The normalized spacial score (nSPS) is 12.7. The van der Waals surface area contributed by atoms with Crippen molar-refractivity contribution in [1.82, 2.24) is 29.5 Å². The molecule has 172 valence electrons. The summed E-state index contributed by atoms with van der Waals surface area (Å²) in [6.45, 7) is 3.73. The second-order valence-electron chi connectivity index (χ2n) is 7.05. The molecule has 12 heteroatoms. The highest BCUT2D eigenvalue weighted by molar-refractivity contribution is 5.88. The molecular weight excluding hydrogens is 441 g/mol. The van der Waals surface area contributed by atoms with Gasteiger partial charge in [-0.25, -0.2) is 14.5 Å². The Morgan fingerprint density at radius 3 is 2.48 bits per heavy atom. The lowest BCUT2D eigenvalue weighted by molar-refractivity contribution is -0.137. The lowest BCUT2D eigenvalue weighted by Gasteiger charge is -2.16. The van der Waals surface area contributed by atoms with E-state index >= 15 is 0 Å². The van der Waals surface area contributed by atoms with E-state index in [2.05, 4.69) is 20.2 Å². The number of carbonyl (C=O) groups is 1. The van der Waals surface area contributed by atoms with Crippen LogP contribution in [0.4, 0.5) is 13.2 Å². The highest BCUT2D eigenvalue weighted by Crippen LogP contribution is 2.32. The summed E-state index contributed by atoms with van der Waals surface area (Å²) in [6.07, 6.45) is -0.130. The van der Waals surface area contributed by atoms with Gasteiger partial charge in [0.25, 0.3) is 5.95 Å². The molecule has 0 aliphatic heterocycles. The van der Waals surface area contributed by atoms with Gasteiger partial charge in [0, 0.05) is 6.20 Å². The van der Waals surface area contributed by atoms with Gasteiger partial charge in [-0.3, -0.25) is 4.68 Å². The first-order chi connectivity index (χ1) is 15.7. The average molecular weight is 460 g/mol. The second kappa shape index (κ2) is 8.52. The van der Waals surface area contributed by atoms with Crippen molar-refractivity contribution in [3.8, 4) is 11.8 Å². The molecule has 3 aromatic heterocycles. The van der Waals surface area contributed by atoms with Gasteiger partial charge in [-0.2, -0.15) is 28.4 Å². The third-order valence-corrected chi connectivity index (χ3v) is 4.98. The molecule has 0 aliphatic carbocycles. The first kappa shape index (κ1) is 22.2. The molecule has 0 fully saturated rings. The first-order valence-corrected chi connectivity index (χ1v) is 9.91. The van der Waals surface area contributed by atoms with E-state index in [-0.39, 0.29) is 24.0 Å². The van der Waals surface area contributed by atoms with Gasteiger partial charge in [0.15, 0.2) is 0 Å². The van der Waals surface area contributed by atoms with E-state index in [9.17, 15) is 18.0 Å². The van der Waals surface area contributed by atoms with Gasteiger partial charge < -0.3 is 9.47 Å². The van der Waals surface area contributed by atoms with Gasteiger partial charge >= 0.3 is 12.1 Å². The number of halogens is 3. The molecule has 3 heterocycles. The van der Waals surface area contributed by atoms with E-state index < -0.39 is 23.8 Å². The molecule has 0 spiro atoms. The Labute approximate surface area is 185 Å². The number of esters is 1. The molecule has 1 atom stereocenters. The van der Waals surface area contributed by atoms with Crippen molar-refractivity contribution in [2.45, 2.75) is 26.1 Å². The quantitative estimate of drug-likeness (QED) is 0.404. The van der Waals surface area contributed by atoms with Crippen LogP contribution in [0.25, 0.3) is 17.0 Å². The Hall–Kier alpha value is -3.96. The number of aromatic nitrogens is 6. The number of alkyl halides is 3. The summed E-state index contributed by atoms with van der Waals surface area (Å²) in [5, 5.41) is 8.46. The summed E-state index contributed by atoms with van der Waals surface area (Å²) < 4.78 is 51.9. The largest absolute Gasteiger partial charge is 0.479 e. The molecule has 0 saturated heterocycles. The predicted molar refractivity (Wildman–Crippen MR) is 110 cm³/mol. The fourth-order valence-electron chi connectivity index (χ4n) is 3.30. The Morgan fingerprint density at radius 1 is 1.12 bits per heavy atom. The Morgan fingerprint density at radius 2 is 1.85 bits per heavy atom.